The van der Waals surface area contributed by atoms with Gasteiger partial charge in [0.2, 0.25) is 10.0 Å². The van der Waals surface area contributed by atoms with Gasteiger partial charge in [-0.3, -0.25) is 4.79 Å². The van der Waals surface area contributed by atoms with Crippen LogP contribution >= 0.6 is 11.6 Å². The van der Waals surface area contributed by atoms with Crippen LogP contribution in [0.2, 0.25) is 5.15 Å². The van der Waals surface area contributed by atoms with Crippen LogP contribution in [0.1, 0.15) is 25.0 Å². The monoisotopic (exact) mass is 453 g/mol. The summed E-state index contributed by atoms with van der Waals surface area (Å²) in [7, 11) is -4.34. The summed E-state index contributed by atoms with van der Waals surface area (Å²) in [4.78, 5) is 15.7. The molecule has 0 radical (unpaired) electrons. The summed E-state index contributed by atoms with van der Waals surface area (Å²) in [6.45, 7) is 0.827. The van der Waals surface area contributed by atoms with E-state index < -0.39 is 47.4 Å². The van der Waals surface area contributed by atoms with E-state index in [9.17, 15) is 30.8 Å². The molecule has 2 aromatic rings. The number of rotatable bonds is 4. The minimum absolute atomic E-state index is 0.0269. The Bertz CT molecular complexity index is 1100. The largest absolute Gasteiger partial charge is 0.471 e. The van der Waals surface area contributed by atoms with Gasteiger partial charge in [0.15, 0.2) is 0 Å². The topological polar surface area (TPSA) is 79.4 Å². The van der Waals surface area contributed by atoms with E-state index in [2.05, 4.69) is 9.71 Å². The predicted octanol–water partition coefficient (Wildman–Crippen LogP) is 3.32. The number of sulfonamides is 1. The van der Waals surface area contributed by atoms with Gasteiger partial charge in [-0.1, -0.05) is 11.6 Å². The van der Waals surface area contributed by atoms with Crippen molar-refractivity contribution in [3.05, 3.63) is 34.6 Å². The fraction of sp³-hybridized carbons (Fsp3) is 0.412. The third kappa shape index (κ3) is 4.46. The van der Waals surface area contributed by atoms with E-state index in [1.165, 1.54) is 32.2 Å². The molecule has 0 aliphatic carbocycles. The standard InChI is InChI=1S/C17H16ClF4N3O3S/c1-16(2,19)8-24-29(27,28)14-11-4-13(18)23-5-9(11)3-10-6-25(7-12(10)14)15(26)17(20,21)22/h3-5,24H,6-8H2,1-2H3. The SMILES string of the molecule is CC(C)(F)CNS(=O)(=O)c1c2c(cc3cnc(Cl)cc13)CN(C(=O)C(F)(F)F)C2. The van der Waals surface area contributed by atoms with Crippen LogP contribution in [0.15, 0.2) is 23.2 Å². The van der Waals surface area contributed by atoms with Gasteiger partial charge in [0, 0.05) is 36.6 Å². The molecule has 3 rings (SSSR count). The Morgan fingerprint density at radius 3 is 2.48 bits per heavy atom. The van der Waals surface area contributed by atoms with Gasteiger partial charge in [-0.2, -0.15) is 13.2 Å². The molecule has 6 nitrogen and oxygen atoms in total. The molecule has 0 spiro atoms. The number of halogens is 5. The third-order valence-corrected chi connectivity index (χ3v) is 6.06. The number of benzene rings is 1. The normalized spacial score (nSPS) is 15.1. The Kier molecular flexibility index (Phi) is 5.29. The second kappa shape index (κ2) is 7.06. The molecule has 1 aliphatic heterocycles. The highest BCUT2D eigenvalue weighted by Crippen LogP contribution is 2.37. The molecule has 1 N–H and O–H groups in total. The van der Waals surface area contributed by atoms with Crippen LogP contribution in [0.3, 0.4) is 0 Å². The number of nitrogens with zero attached hydrogens (tertiary/aromatic N) is 2. The van der Waals surface area contributed by atoms with Gasteiger partial charge >= 0.3 is 12.1 Å². The van der Waals surface area contributed by atoms with Crippen molar-refractivity contribution < 1.29 is 30.8 Å². The first-order valence-corrected chi connectivity index (χ1v) is 10.2. The Morgan fingerprint density at radius 1 is 1.24 bits per heavy atom. The number of alkyl halides is 4. The first-order valence-electron chi connectivity index (χ1n) is 8.34. The predicted molar refractivity (Wildman–Crippen MR) is 97.4 cm³/mol. The lowest BCUT2D eigenvalue weighted by molar-refractivity contribution is -0.186. The molecule has 0 unspecified atom stereocenters. The van der Waals surface area contributed by atoms with Crippen molar-refractivity contribution in [2.45, 2.75) is 43.7 Å². The minimum Gasteiger partial charge on any atom is -0.326 e. The van der Waals surface area contributed by atoms with Crippen molar-refractivity contribution in [3.63, 3.8) is 0 Å². The lowest BCUT2D eigenvalue weighted by atomic mass is 10.0. The molecule has 1 amide bonds. The average Bonchev–Trinajstić information content (AvgIpc) is 2.98. The van der Waals surface area contributed by atoms with Crippen molar-refractivity contribution in [1.82, 2.24) is 14.6 Å². The number of aromatic nitrogens is 1. The maximum Gasteiger partial charge on any atom is 0.471 e. The van der Waals surface area contributed by atoms with Crippen molar-refractivity contribution in [2.75, 3.05) is 6.54 Å². The van der Waals surface area contributed by atoms with E-state index in [0.29, 0.717) is 10.3 Å². The summed E-state index contributed by atoms with van der Waals surface area (Å²) in [5.41, 5.74) is -1.60. The number of hydrogen-bond acceptors (Lipinski definition) is 4. The van der Waals surface area contributed by atoms with Crippen LogP contribution in [0, 0.1) is 0 Å². The Morgan fingerprint density at radius 2 is 1.90 bits per heavy atom. The van der Waals surface area contributed by atoms with Crippen molar-refractivity contribution >= 4 is 38.3 Å². The van der Waals surface area contributed by atoms with E-state index in [4.69, 9.17) is 11.6 Å². The summed E-state index contributed by atoms with van der Waals surface area (Å²) in [5.74, 6) is -2.07. The van der Waals surface area contributed by atoms with Gasteiger partial charge in [-0.25, -0.2) is 22.5 Å². The fourth-order valence-electron chi connectivity index (χ4n) is 3.07. The van der Waals surface area contributed by atoms with Gasteiger partial charge in [0.1, 0.15) is 10.8 Å². The van der Waals surface area contributed by atoms with E-state index in [0.717, 1.165) is 0 Å². The molecule has 0 saturated carbocycles. The highest BCUT2D eigenvalue weighted by atomic mass is 35.5. The van der Waals surface area contributed by atoms with E-state index in [1.807, 2.05) is 0 Å². The number of hydrogen-bond donors (Lipinski definition) is 1. The number of amides is 1. The molecule has 158 valence electrons. The second-order valence-corrected chi connectivity index (χ2v) is 9.36. The molecule has 12 heteroatoms. The summed E-state index contributed by atoms with van der Waals surface area (Å²) in [6, 6.07) is 2.73. The smallest absolute Gasteiger partial charge is 0.326 e. The zero-order chi connectivity index (χ0) is 21.8. The molecule has 0 fully saturated rings. The van der Waals surface area contributed by atoms with Gasteiger partial charge in [-0.15, -0.1) is 0 Å². The quantitative estimate of drug-likeness (QED) is 0.569. The zero-order valence-electron chi connectivity index (χ0n) is 15.3. The number of nitrogens with one attached hydrogen (secondary N) is 1. The Labute approximate surface area is 168 Å². The maximum absolute atomic E-state index is 13.9. The molecule has 0 bridgehead atoms. The molecular formula is C17H16ClF4N3O3S. The molecule has 29 heavy (non-hydrogen) atoms. The second-order valence-electron chi connectivity index (χ2n) is 7.27. The third-order valence-electron chi connectivity index (χ3n) is 4.33. The first kappa shape index (κ1) is 21.7. The zero-order valence-corrected chi connectivity index (χ0v) is 16.8. The number of pyridine rings is 1. The highest BCUT2D eigenvalue weighted by molar-refractivity contribution is 7.89. The van der Waals surface area contributed by atoms with Crippen LogP contribution in [0.25, 0.3) is 10.8 Å². The Hall–Kier alpha value is -1.98. The minimum atomic E-state index is -5.10. The number of fused-ring (bicyclic) bond motifs is 2. The summed E-state index contributed by atoms with van der Waals surface area (Å²) in [6.07, 6.45) is -3.81. The van der Waals surface area contributed by atoms with E-state index >= 15 is 0 Å². The van der Waals surface area contributed by atoms with Gasteiger partial charge in [-0.05, 0) is 37.1 Å². The number of carbonyl (C=O) groups is 1. The molecule has 2 heterocycles. The molecule has 1 aliphatic rings. The van der Waals surface area contributed by atoms with Gasteiger partial charge in [0.25, 0.3) is 0 Å². The van der Waals surface area contributed by atoms with Crippen molar-refractivity contribution in [3.8, 4) is 0 Å². The maximum atomic E-state index is 13.9. The fourth-order valence-corrected chi connectivity index (χ4v) is 4.89. The van der Waals surface area contributed by atoms with E-state index in [1.54, 1.807) is 0 Å². The Balaban J connectivity index is 2.17. The first-order chi connectivity index (χ1) is 13.2. The van der Waals surface area contributed by atoms with Crippen LogP contribution < -0.4 is 4.72 Å². The van der Waals surface area contributed by atoms with Crippen LogP contribution in [-0.4, -0.2) is 42.6 Å². The van der Waals surface area contributed by atoms with Crippen molar-refractivity contribution in [1.29, 1.82) is 0 Å². The molecule has 0 atom stereocenters. The summed E-state index contributed by atoms with van der Waals surface area (Å²) in [5, 5.41) is 0.407. The van der Waals surface area contributed by atoms with Gasteiger partial charge in [0.05, 0.1) is 4.90 Å². The molecule has 0 saturated heterocycles. The van der Waals surface area contributed by atoms with Gasteiger partial charge < -0.3 is 4.90 Å². The molecular weight excluding hydrogens is 438 g/mol. The van der Waals surface area contributed by atoms with Crippen molar-refractivity contribution in [2.24, 2.45) is 0 Å². The summed E-state index contributed by atoms with van der Waals surface area (Å²) < 4.78 is 80.5. The number of carbonyl (C=O) groups excluding carboxylic acids is 1. The molecule has 1 aromatic carbocycles. The van der Waals surface area contributed by atoms with Crippen LogP contribution in [-0.2, 0) is 27.9 Å². The lowest BCUT2D eigenvalue weighted by Gasteiger charge is -2.19. The lowest BCUT2D eigenvalue weighted by Crippen LogP contribution is -2.38. The summed E-state index contributed by atoms with van der Waals surface area (Å²) >= 11 is 5.88. The van der Waals surface area contributed by atoms with E-state index in [-0.39, 0.29) is 26.6 Å². The van der Waals surface area contributed by atoms with Crippen LogP contribution in [0.5, 0.6) is 0 Å². The average molecular weight is 454 g/mol. The highest BCUT2D eigenvalue weighted by Gasteiger charge is 2.45. The molecule has 1 aromatic heterocycles. The van der Waals surface area contributed by atoms with Crippen LogP contribution in [0.4, 0.5) is 17.6 Å².